The number of unbranched alkanes of at least 4 members (excludes halogenated alkanes) is 4. The van der Waals surface area contributed by atoms with E-state index in [0.29, 0.717) is 12.1 Å². The maximum Gasteiger partial charge on any atom is 0.0772 e. The van der Waals surface area contributed by atoms with Crippen LogP contribution in [0.1, 0.15) is 62.6 Å². The Labute approximate surface area is 123 Å². The largest absolute Gasteiger partial charge is 0.376 e. The number of likely N-dealkylation sites (N-methyl/N-ethyl adjacent to an activating group) is 1. The molecule has 1 aliphatic carbocycles. The number of hydrogen-bond donors (Lipinski definition) is 1. The summed E-state index contributed by atoms with van der Waals surface area (Å²) in [6, 6.07) is 9.13. The van der Waals surface area contributed by atoms with Crippen LogP contribution in [0.4, 0.5) is 0 Å². The van der Waals surface area contributed by atoms with Gasteiger partial charge in [-0.25, -0.2) is 0 Å². The Bertz CT molecular complexity index is 391. The van der Waals surface area contributed by atoms with Gasteiger partial charge in [0.1, 0.15) is 0 Å². The first-order chi connectivity index (χ1) is 9.86. The summed E-state index contributed by atoms with van der Waals surface area (Å²) in [7, 11) is 2.05. The molecule has 0 aromatic heterocycles. The van der Waals surface area contributed by atoms with Crippen molar-refractivity contribution in [3.63, 3.8) is 0 Å². The van der Waals surface area contributed by atoms with Crippen molar-refractivity contribution in [1.29, 1.82) is 0 Å². The van der Waals surface area contributed by atoms with E-state index < -0.39 is 0 Å². The highest BCUT2D eigenvalue weighted by atomic mass is 16.5. The molecule has 0 saturated carbocycles. The molecule has 0 heterocycles. The molecule has 0 bridgehead atoms. The van der Waals surface area contributed by atoms with E-state index in [1.165, 1.54) is 43.2 Å². The second kappa shape index (κ2) is 8.43. The van der Waals surface area contributed by atoms with Crippen molar-refractivity contribution < 1.29 is 4.74 Å². The van der Waals surface area contributed by atoms with Crippen LogP contribution < -0.4 is 5.32 Å². The van der Waals surface area contributed by atoms with E-state index in [1.807, 2.05) is 7.05 Å². The van der Waals surface area contributed by atoms with Crippen LogP contribution in [0.15, 0.2) is 24.3 Å². The topological polar surface area (TPSA) is 21.3 Å². The van der Waals surface area contributed by atoms with Gasteiger partial charge in [0.05, 0.1) is 12.1 Å². The summed E-state index contributed by atoms with van der Waals surface area (Å²) in [6.45, 7) is 3.17. The van der Waals surface area contributed by atoms with E-state index in [2.05, 4.69) is 36.5 Å². The van der Waals surface area contributed by atoms with Crippen molar-refractivity contribution in [2.75, 3.05) is 13.7 Å². The van der Waals surface area contributed by atoms with Gasteiger partial charge in [-0.3, -0.25) is 0 Å². The fraction of sp³-hybridized carbons (Fsp3) is 0.667. The summed E-state index contributed by atoms with van der Waals surface area (Å²) in [4.78, 5) is 0. The molecule has 2 unspecified atom stereocenters. The van der Waals surface area contributed by atoms with E-state index in [4.69, 9.17) is 4.74 Å². The lowest BCUT2D eigenvalue weighted by atomic mass is 9.85. The third-order valence-corrected chi connectivity index (χ3v) is 4.35. The molecule has 1 N–H and O–H groups in total. The molecule has 0 aliphatic heterocycles. The molecule has 2 nitrogen and oxygen atoms in total. The Morgan fingerprint density at radius 1 is 1.15 bits per heavy atom. The first kappa shape index (κ1) is 15.5. The summed E-state index contributed by atoms with van der Waals surface area (Å²) in [5.41, 5.74) is 2.91. The number of hydrogen-bond acceptors (Lipinski definition) is 2. The van der Waals surface area contributed by atoms with Crippen LogP contribution >= 0.6 is 0 Å². The van der Waals surface area contributed by atoms with Crippen molar-refractivity contribution in [2.45, 2.75) is 64.0 Å². The number of fused-ring (bicyclic) bond motifs is 1. The SMILES string of the molecule is CCCCCCCOC1CCc2ccccc2C1NC. The highest BCUT2D eigenvalue weighted by molar-refractivity contribution is 5.33. The molecule has 2 atom stereocenters. The fourth-order valence-corrected chi connectivity index (χ4v) is 3.19. The smallest absolute Gasteiger partial charge is 0.0772 e. The Balaban J connectivity index is 1.81. The Hall–Kier alpha value is -0.860. The van der Waals surface area contributed by atoms with Gasteiger partial charge in [0.15, 0.2) is 0 Å². The first-order valence-electron chi connectivity index (χ1n) is 8.23. The van der Waals surface area contributed by atoms with Gasteiger partial charge in [0, 0.05) is 6.61 Å². The highest BCUT2D eigenvalue weighted by Gasteiger charge is 2.28. The van der Waals surface area contributed by atoms with Crippen LogP contribution in [-0.2, 0) is 11.2 Å². The fourth-order valence-electron chi connectivity index (χ4n) is 3.19. The van der Waals surface area contributed by atoms with Gasteiger partial charge in [-0.2, -0.15) is 0 Å². The average Bonchev–Trinajstić information content (AvgIpc) is 2.50. The van der Waals surface area contributed by atoms with Crippen LogP contribution in [-0.4, -0.2) is 19.8 Å². The number of rotatable bonds is 8. The van der Waals surface area contributed by atoms with Gasteiger partial charge in [0.2, 0.25) is 0 Å². The third kappa shape index (κ3) is 4.07. The zero-order chi connectivity index (χ0) is 14.2. The molecule has 0 radical (unpaired) electrons. The van der Waals surface area contributed by atoms with Gasteiger partial charge < -0.3 is 10.1 Å². The van der Waals surface area contributed by atoms with Gasteiger partial charge >= 0.3 is 0 Å². The molecular weight excluding hydrogens is 246 g/mol. The van der Waals surface area contributed by atoms with Crippen LogP contribution in [0.2, 0.25) is 0 Å². The Kier molecular flexibility index (Phi) is 6.55. The predicted molar refractivity (Wildman–Crippen MR) is 85.1 cm³/mol. The first-order valence-corrected chi connectivity index (χ1v) is 8.23. The monoisotopic (exact) mass is 275 g/mol. The van der Waals surface area contributed by atoms with Gasteiger partial charge in [-0.05, 0) is 37.4 Å². The minimum absolute atomic E-state index is 0.334. The minimum Gasteiger partial charge on any atom is -0.376 e. The molecule has 1 aromatic carbocycles. The summed E-state index contributed by atoms with van der Waals surface area (Å²) < 4.78 is 6.16. The zero-order valence-corrected chi connectivity index (χ0v) is 13.0. The van der Waals surface area contributed by atoms with Crippen molar-refractivity contribution in [3.05, 3.63) is 35.4 Å². The average molecular weight is 275 g/mol. The van der Waals surface area contributed by atoms with E-state index in [0.717, 1.165) is 19.4 Å². The number of benzene rings is 1. The standard InChI is InChI=1S/C18H29NO/c1-3-4-5-6-9-14-20-17-13-12-15-10-7-8-11-16(15)18(17)19-2/h7-8,10-11,17-19H,3-6,9,12-14H2,1-2H3. The molecular formula is C18H29NO. The number of ether oxygens (including phenoxy) is 1. The molecule has 1 aromatic rings. The second-order valence-electron chi connectivity index (χ2n) is 5.83. The maximum absolute atomic E-state index is 6.16. The summed E-state index contributed by atoms with van der Waals surface area (Å²) in [6.07, 6.45) is 9.14. The molecule has 0 saturated heterocycles. The minimum atomic E-state index is 0.334. The molecule has 20 heavy (non-hydrogen) atoms. The van der Waals surface area contributed by atoms with Crippen LogP contribution in [0.25, 0.3) is 0 Å². The Morgan fingerprint density at radius 3 is 2.75 bits per heavy atom. The molecule has 2 heteroatoms. The van der Waals surface area contributed by atoms with Crippen LogP contribution in [0, 0.1) is 0 Å². The van der Waals surface area contributed by atoms with Crippen molar-refractivity contribution >= 4 is 0 Å². The van der Waals surface area contributed by atoms with Gasteiger partial charge in [0.25, 0.3) is 0 Å². The quantitative estimate of drug-likeness (QED) is 0.716. The van der Waals surface area contributed by atoms with E-state index in [9.17, 15) is 0 Å². The van der Waals surface area contributed by atoms with Crippen molar-refractivity contribution in [3.8, 4) is 0 Å². The summed E-state index contributed by atoms with van der Waals surface area (Å²) in [5, 5.41) is 3.45. The normalized spacial score (nSPS) is 21.7. The van der Waals surface area contributed by atoms with E-state index >= 15 is 0 Å². The molecule has 0 spiro atoms. The molecule has 2 rings (SSSR count). The molecule has 1 aliphatic rings. The lowest BCUT2D eigenvalue weighted by Crippen LogP contribution is -2.36. The number of nitrogens with one attached hydrogen (secondary N) is 1. The lowest BCUT2D eigenvalue weighted by molar-refractivity contribution is 0.0154. The van der Waals surface area contributed by atoms with Gasteiger partial charge in [-0.1, -0.05) is 56.9 Å². The van der Waals surface area contributed by atoms with Crippen LogP contribution in [0.3, 0.4) is 0 Å². The lowest BCUT2D eigenvalue weighted by Gasteiger charge is -2.33. The van der Waals surface area contributed by atoms with Crippen molar-refractivity contribution in [2.24, 2.45) is 0 Å². The molecule has 112 valence electrons. The van der Waals surface area contributed by atoms with Gasteiger partial charge in [-0.15, -0.1) is 0 Å². The third-order valence-electron chi connectivity index (χ3n) is 4.35. The summed E-state index contributed by atoms with van der Waals surface area (Å²) in [5.74, 6) is 0. The van der Waals surface area contributed by atoms with E-state index in [1.54, 1.807) is 0 Å². The zero-order valence-electron chi connectivity index (χ0n) is 13.0. The number of aryl methyl sites for hydroxylation is 1. The van der Waals surface area contributed by atoms with Crippen LogP contribution in [0.5, 0.6) is 0 Å². The predicted octanol–water partition coefficient (Wildman–Crippen LogP) is 4.25. The highest BCUT2D eigenvalue weighted by Crippen LogP contribution is 2.31. The molecule has 0 amide bonds. The molecule has 0 fully saturated rings. The summed E-state index contributed by atoms with van der Waals surface area (Å²) >= 11 is 0. The maximum atomic E-state index is 6.16. The Morgan fingerprint density at radius 2 is 1.95 bits per heavy atom. The van der Waals surface area contributed by atoms with Crippen molar-refractivity contribution in [1.82, 2.24) is 5.32 Å². The van der Waals surface area contributed by atoms with E-state index in [-0.39, 0.29) is 0 Å². The second-order valence-corrected chi connectivity index (χ2v) is 5.83.